The van der Waals surface area contributed by atoms with Crippen LogP contribution in [-0.4, -0.2) is 46.4 Å². The van der Waals surface area contributed by atoms with Crippen molar-refractivity contribution in [3.05, 3.63) is 59.9 Å². The number of likely N-dealkylation sites (tertiary alicyclic amines) is 1. The zero-order chi connectivity index (χ0) is 20.2. The third-order valence-corrected chi connectivity index (χ3v) is 5.03. The minimum absolute atomic E-state index is 0.00255. The summed E-state index contributed by atoms with van der Waals surface area (Å²) in [4.78, 5) is 33.3. The van der Waals surface area contributed by atoms with E-state index in [1.54, 1.807) is 42.7 Å². The highest BCUT2D eigenvalue weighted by molar-refractivity contribution is 6.24. The summed E-state index contributed by atoms with van der Waals surface area (Å²) in [5, 5.41) is 0.909. The van der Waals surface area contributed by atoms with Gasteiger partial charge in [0.2, 0.25) is 5.91 Å². The quantitative estimate of drug-likeness (QED) is 0.632. The van der Waals surface area contributed by atoms with Crippen LogP contribution >= 0.6 is 0 Å². The van der Waals surface area contributed by atoms with Crippen LogP contribution in [-0.2, 0) is 9.59 Å². The molecule has 0 atom stereocenters. The first kappa shape index (κ1) is 18.7. The molecule has 148 valence electrons. The highest BCUT2D eigenvalue weighted by Crippen LogP contribution is 2.24. The van der Waals surface area contributed by atoms with Crippen LogP contribution < -0.4 is 10.5 Å². The van der Waals surface area contributed by atoms with E-state index in [0.717, 1.165) is 42.5 Å². The average molecular weight is 390 g/mol. The number of carbonyl (C=O) groups is 2. The van der Waals surface area contributed by atoms with E-state index in [2.05, 4.69) is 9.97 Å². The van der Waals surface area contributed by atoms with E-state index < -0.39 is 5.91 Å². The first-order valence-corrected chi connectivity index (χ1v) is 9.56. The molecule has 3 heterocycles. The van der Waals surface area contributed by atoms with Gasteiger partial charge in [-0.25, -0.2) is 4.98 Å². The summed E-state index contributed by atoms with van der Waals surface area (Å²) < 4.78 is 5.60. The summed E-state index contributed by atoms with van der Waals surface area (Å²) in [5.41, 5.74) is 8.26. The summed E-state index contributed by atoms with van der Waals surface area (Å²) in [7, 11) is 0. The Morgan fingerprint density at radius 2 is 1.93 bits per heavy atom. The molecule has 0 radical (unpaired) electrons. The minimum Gasteiger partial charge on any atom is -0.484 e. The van der Waals surface area contributed by atoms with Crippen molar-refractivity contribution in [3.8, 4) is 5.75 Å². The largest absolute Gasteiger partial charge is 0.484 e. The number of nitrogens with one attached hydrogen (secondary N) is 1. The summed E-state index contributed by atoms with van der Waals surface area (Å²) >= 11 is 0. The number of aromatic amines is 1. The number of nitrogens with two attached hydrogens (primary N) is 1. The van der Waals surface area contributed by atoms with Crippen molar-refractivity contribution in [2.24, 2.45) is 5.73 Å². The Labute approximate surface area is 168 Å². The van der Waals surface area contributed by atoms with Crippen LogP contribution in [0.25, 0.3) is 22.7 Å². The lowest BCUT2D eigenvalue weighted by molar-refractivity contribution is -0.132. The Kier molecular flexibility index (Phi) is 5.29. The molecular weight excluding hydrogens is 368 g/mol. The van der Waals surface area contributed by atoms with Crippen molar-refractivity contribution < 1.29 is 14.3 Å². The molecule has 29 heavy (non-hydrogen) atoms. The molecule has 1 aliphatic heterocycles. The number of nitrogens with zero attached hydrogens (tertiary/aromatic N) is 2. The lowest BCUT2D eigenvalue weighted by Crippen LogP contribution is -2.32. The van der Waals surface area contributed by atoms with Gasteiger partial charge < -0.3 is 20.4 Å². The fraction of sp³-hybridized carbons (Fsp3) is 0.227. The van der Waals surface area contributed by atoms with E-state index >= 15 is 0 Å². The molecule has 1 saturated heterocycles. The Balaban J connectivity index is 1.51. The molecule has 2 amide bonds. The normalized spacial score (nSPS) is 14.3. The highest BCUT2D eigenvalue weighted by Gasteiger charge is 2.18. The lowest BCUT2D eigenvalue weighted by atomic mass is 10.0. The van der Waals surface area contributed by atoms with Crippen LogP contribution in [0.2, 0.25) is 0 Å². The lowest BCUT2D eigenvalue weighted by Gasteiger charge is -2.15. The summed E-state index contributed by atoms with van der Waals surface area (Å²) in [6, 6.07) is 10.8. The molecule has 1 aromatic carbocycles. The van der Waals surface area contributed by atoms with Gasteiger partial charge in [-0.2, -0.15) is 0 Å². The van der Waals surface area contributed by atoms with Gasteiger partial charge in [-0.3, -0.25) is 9.59 Å². The van der Waals surface area contributed by atoms with Gasteiger partial charge in [0.25, 0.3) is 5.91 Å². The SMILES string of the molecule is NC(=O)/C(=C\c1c[nH]c2ncccc12)c1ccc(OCC(=O)N2CCCC2)cc1. The Morgan fingerprint density at radius 1 is 1.17 bits per heavy atom. The topological polar surface area (TPSA) is 101 Å². The van der Waals surface area contributed by atoms with E-state index in [1.807, 2.05) is 17.0 Å². The van der Waals surface area contributed by atoms with E-state index in [4.69, 9.17) is 10.5 Å². The maximum Gasteiger partial charge on any atom is 0.260 e. The molecule has 0 unspecified atom stereocenters. The van der Waals surface area contributed by atoms with Gasteiger partial charge in [0.05, 0.1) is 0 Å². The van der Waals surface area contributed by atoms with E-state index in [0.29, 0.717) is 16.9 Å². The fourth-order valence-electron chi connectivity index (χ4n) is 3.48. The number of ether oxygens (including phenoxy) is 1. The summed E-state index contributed by atoms with van der Waals surface area (Å²) in [6.45, 7) is 1.62. The number of hydrogen-bond donors (Lipinski definition) is 2. The zero-order valence-corrected chi connectivity index (χ0v) is 15.9. The van der Waals surface area contributed by atoms with E-state index in [1.165, 1.54) is 0 Å². The van der Waals surface area contributed by atoms with Crippen LogP contribution in [0.3, 0.4) is 0 Å². The fourth-order valence-corrected chi connectivity index (χ4v) is 3.48. The molecule has 1 fully saturated rings. The first-order valence-electron chi connectivity index (χ1n) is 9.56. The van der Waals surface area contributed by atoms with Crippen LogP contribution in [0.15, 0.2) is 48.8 Å². The van der Waals surface area contributed by atoms with Crippen molar-refractivity contribution in [1.82, 2.24) is 14.9 Å². The monoisotopic (exact) mass is 390 g/mol. The number of primary amides is 1. The molecule has 3 aromatic rings. The van der Waals surface area contributed by atoms with Gasteiger partial charge in [-0.15, -0.1) is 0 Å². The Hall–Kier alpha value is -3.61. The molecule has 0 saturated carbocycles. The third kappa shape index (κ3) is 4.13. The number of hydrogen-bond acceptors (Lipinski definition) is 4. The van der Waals surface area contributed by atoms with Crippen molar-refractivity contribution in [3.63, 3.8) is 0 Å². The van der Waals surface area contributed by atoms with Crippen LogP contribution in [0.4, 0.5) is 0 Å². The second-order valence-corrected chi connectivity index (χ2v) is 6.97. The highest BCUT2D eigenvalue weighted by atomic mass is 16.5. The molecule has 3 N–H and O–H groups in total. The van der Waals surface area contributed by atoms with Gasteiger partial charge >= 0.3 is 0 Å². The first-order chi connectivity index (χ1) is 14.1. The standard InChI is InChI=1S/C22H22N4O3/c23-21(28)19(12-16-13-25-22-18(16)4-3-9-24-22)15-5-7-17(8-6-15)29-14-20(27)26-10-1-2-11-26/h3-9,12-13H,1-2,10-11,14H2,(H2,23,28)(H,24,25)/b19-12-. The number of carbonyl (C=O) groups excluding carboxylic acids is 2. The van der Waals surface area contributed by atoms with Gasteiger partial charge in [0.15, 0.2) is 6.61 Å². The molecule has 1 aliphatic rings. The van der Waals surface area contributed by atoms with Crippen LogP contribution in [0.1, 0.15) is 24.0 Å². The van der Waals surface area contributed by atoms with Crippen LogP contribution in [0.5, 0.6) is 5.75 Å². The smallest absolute Gasteiger partial charge is 0.260 e. The predicted molar refractivity (Wildman–Crippen MR) is 111 cm³/mol. The maximum absolute atomic E-state index is 12.1. The molecule has 2 aromatic heterocycles. The summed E-state index contributed by atoms with van der Waals surface area (Å²) in [6.07, 6.45) is 7.34. The number of fused-ring (bicyclic) bond motifs is 1. The number of amides is 2. The Bertz CT molecular complexity index is 1060. The van der Waals surface area contributed by atoms with Crippen molar-refractivity contribution >= 4 is 34.5 Å². The molecular formula is C22H22N4O3. The van der Waals surface area contributed by atoms with Gasteiger partial charge in [-0.05, 0) is 48.7 Å². The summed E-state index contributed by atoms with van der Waals surface area (Å²) in [5.74, 6) is 0.0415. The molecule has 0 spiro atoms. The van der Waals surface area contributed by atoms with E-state index in [-0.39, 0.29) is 12.5 Å². The van der Waals surface area contributed by atoms with Crippen molar-refractivity contribution in [2.45, 2.75) is 12.8 Å². The zero-order valence-electron chi connectivity index (χ0n) is 15.9. The second kappa shape index (κ2) is 8.18. The molecule has 0 bridgehead atoms. The number of H-pyrrole nitrogens is 1. The second-order valence-electron chi connectivity index (χ2n) is 6.97. The number of pyridine rings is 1. The average Bonchev–Trinajstić information content (AvgIpc) is 3.41. The minimum atomic E-state index is -0.527. The molecule has 0 aliphatic carbocycles. The van der Waals surface area contributed by atoms with E-state index in [9.17, 15) is 9.59 Å². The Morgan fingerprint density at radius 3 is 2.66 bits per heavy atom. The van der Waals surface area contributed by atoms with Crippen LogP contribution in [0, 0.1) is 0 Å². The van der Waals surface area contributed by atoms with Gasteiger partial charge in [0.1, 0.15) is 11.4 Å². The maximum atomic E-state index is 12.1. The number of rotatable bonds is 6. The number of benzene rings is 1. The molecule has 4 rings (SSSR count). The van der Waals surface area contributed by atoms with Gasteiger partial charge in [0, 0.05) is 42.0 Å². The van der Waals surface area contributed by atoms with Crippen molar-refractivity contribution in [1.29, 1.82) is 0 Å². The molecule has 7 nitrogen and oxygen atoms in total. The van der Waals surface area contributed by atoms with Gasteiger partial charge in [-0.1, -0.05) is 12.1 Å². The number of aromatic nitrogens is 2. The molecule has 7 heteroatoms. The third-order valence-electron chi connectivity index (χ3n) is 5.03. The predicted octanol–water partition coefficient (Wildman–Crippen LogP) is 2.59. The van der Waals surface area contributed by atoms with Crippen molar-refractivity contribution in [2.75, 3.05) is 19.7 Å².